The first kappa shape index (κ1) is 26.8. The van der Waals surface area contributed by atoms with Gasteiger partial charge in [-0.25, -0.2) is 8.42 Å². The summed E-state index contributed by atoms with van der Waals surface area (Å²) in [4.78, 5) is 4.47. The van der Waals surface area contributed by atoms with E-state index in [0.717, 1.165) is 18.1 Å². The first-order chi connectivity index (χ1) is 12.2. The summed E-state index contributed by atoms with van der Waals surface area (Å²) in [6, 6.07) is 0. The highest BCUT2D eigenvalue weighted by molar-refractivity contribution is 14.0. The van der Waals surface area contributed by atoms with Crippen molar-refractivity contribution in [1.82, 2.24) is 14.9 Å². The summed E-state index contributed by atoms with van der Waals surface area (Å²) in [6.45, 7) is 7.26. The van der Waals surface area contributed by atoms with Crippen LogP contribution in [0.15, 0.2) is 17.6 Å². The number of hydrogen-bond donors (Lipinski definition) is 2. The molecule has 2 N–H and O–H groups in total. The molecule has 0 aliphatic carbocycles. The second-order valence-corrected chi connectivity index (χ2v) is 8.88. The van der Waals surface area contributed by atoms with Crippen LogP contribution in [-0.4, -0.2) is 68.4 Å². The Bertz CT molecular complexity index is 566. The fourth-order valence-electron chi connectivity index (χ4n) is 2.45. The fourth-order valence-corrected chi connectivity index (χ4v) is 4.01. The van der Waals surface area contributed by atoms with Crippen LogP contribution in [0, 0.1) is 5.92 Å². The molecule has 12 heteroatoms. The molecule has 160 valence electrons. The average molecular weight is 544 g/mol. The van der Waals surface area contributed by atoms with E-state index in [9.17, 15) is 21.6 Å². The minimum absolute atomic E-state index is 0. The monoisotopic (exact) mass is 544 g/mol. The first-order valence-electron chi connectivity index (χ1n) is 8.49. The predicted octanol–water partition coefficient (Wildman–Crippen LogP) is 2.64. The van der Waals surface area contributed by atoms with Gasteiger partial charge in [-0.05, 0) is 25.7 Å². The molecule has 0 aromatic heterocycles. The van der Waals surface area contributed by atoms with Crippen molar-refractivity contribution in [3.8, 4) is 0 Å². The molecule has 27 heavy (non-hydrogen) atoms. The molecule has 1 rings (SSSR count). The van der Waals surface area contributed by atoms with E-state index in [1.54, 1.807) is 11.8 Å². The molecule has 1 aliphatic rings. The van der Waals surface area contributed by atoms with Crippen LogP contribution in [0.2, 0.25) is 0 Å². The van der Waals surface area contributed by atoms with Gasteiger partial charge in [0, 0.05) is 44.2 Å². The van der Waals surface area contributed by atoms with Gasteiger partial charge in [0.15, 0.2) is 5.96 Å². The number of halogens is 4. The zero-order chi connectivity index (χ0) is 19.6. The van der Waals surface area contributed by atoms with E-state index in [0.29, 0.717) is 36.2 Å². The van der Waals surface area contributed by atoms with Crippen LogP contribution in [0.1, 0.15) is 19.8 Å². The third-order valence-electron chi connectivity index (χ3n) is 3.83. The Hall–Kier alpha value is -0.210. The maximum atomic E-state index is 12.6. The molecule has 1 heterocycles. The van der Waals surface area contributed by atoms with Crippen molar-refractivity contribution in [3.05, 3.63) is 12.7 Å². The molecule has 0 radical (unpaired) electrons. The van der Waals surface area contributed by atoms with Crippen molar-refractivity contribution in [2.24, 2.45) is 10.9 Å². The third kappa shape index (κ3) is 9.22. The highest BCUT2D eigenvalue weighted by atomic mass is 127. The van der Waals surface area contributed by atoms with Gasteiger partial charge in [-0.15, -0.1) is 30.6 Å². The molecular formula is C15H28F3IN4O2S2. The first-order valence-corrected chi connectivity index (χ1v) is 11.1. The number of piperidine rings is 1. The van der Waals surface area contributed by atoms with Gasteiger partial charge in [-0.3, -0.25) is 4.99 Å². The van der Waals surface area contributed by atoms with Gasteiger partial charge in [0.1, 0.15) is 0 Å². The van der Waals surface area contributed by atoms with Gasteiger partial charge >= 0.3 is 15.5 Å². The lowest BCUT2D eigenvalue weighted by atomic mass is 9.98. The zero-order valence-electron chi connectivity index (χ0n) is 15.3. The molecule has 6 nitrogen and oxygen atoms in total. The number of thioether (sulfide) groups is 1. The lowest BCUT2D eigenvalue weighted by Crippen LogP contribution is -2.45. The molecule has 0 unspecified atom stereocenters. The van der Waals surface area contributed by atoms with Gasteiger partial charge in [0.05, 0.1) is 0 Å². The van der Waals surface area contributed by atoms with Gasteiger partial charge < -0.3 is 10.6 Å². The van der Waals surface area contributed by atoms with E-state index in [4.69, 9.17) is 0 Å². The van der Waals surface area contributed by atoms with E-state index in [-0.39, 0.29) is 43.0 Å². The summed E-state index contributed by atoms with van der Waals surface area (Å²) >= 11 is 1.75. The summed E-state index contributed by atoms with van der Waals surface area (Å²) < 4.78 is 61.1. The maximum absolute atomic E-state index is 12.6. The minimum atomic E-state index is -5.23. The van der Waals surface area contributed by atoms with Crippen LogP contribution in [0.25, 0.3) is 0 Å². The van der Waals surface area contributed by atoms with E-state index in [1.165, 1.54) is 0 Å². The molecule has 0 bridgehead atoms. The number of rotatable bonds is 9. The smallest absolute Gasteiger partial charge is 0.357 e. The van der Waals surface area contributed by atoms with Gasteiger partial charge in [0.25, 0.3) is 0 Å². The SMILES string of the molecule is C=CCSCCNC(=NCC1CCN(S(=O)(=O)C(F)(F)F)CC1)NCC.I. The topological polar surface area (TPSA) is 73.8 Å². The van der Waals surface area contributed by atoms with Crippen molar-refractivity contribution in [2.75, 3.05) is 44.2 Å². The minimum Gasteiger partial charge on any atom is -0.357 e. The quantitative estimate of drug-likeness (QED) is 0.154. The second kappa shape index (κ2) is 13.1. The normalized spacial score (nSPS) is 17.3. The Morgan fingerprint density at radius 2 is 1.96 bits per heavy atom. The Balaban J connectivity index is 0.00000676. The van der Waals surface area contributed by atoms with Gasteiger partial charge in [0.2, 0.25) is 0 Å². The Morgan fingerprint density at radius 1 is 1.33 bits per heavy atom. The average Bonchev–Trinajstić information content (AvgIpc) is 2.58. The Kier molecular flexibility index (Phi) is 13.0. The molecule has 0 aromatic carbocycles. The van der Waals surface area contributed by atoms with Gasteiger partial charge in [-0.1, -0.05) is 6.08 Å². The molecule has 0 spiro atoms. The largest absolute Gasteiger partial charge is 0.511 e. The fraction of sp³-hybridized carbons (Fsp3) is 0.800. The number of nitrogens with zero attached hydrogens (tertiary/aromatic N) is 2. The van der Waals surface area contributed by atoms with E-state index < -0.39 is 15.5 Å². The van der Waals surface area contributed by atoms with Crippen molar-refractivity contribution < 1.29 is 21.6 Å². The van der Waals surface area contributed by atoms with E-state index >= 15 is 0 Å². The van der Waals surface area contributed by atoms with Crippen LogP contribution < -0.4 is 10.6 Å². The second-order valence-electron chi connectivity index (χ2n) is 5.80. The molecule has 1 saturated heterocycles. The molecule has 0 saturated carbocycles. The lowest BCUT2D eigenvalue weighted by molar-refractivity contribution is -0.0496. The van der Waals surface area contributed by atoms with Crippen molar-refractivity contribution in [2.45, 2.75) is 25.3 Å². The summed E-state index contributed by atoms with van der Waals surface area (Å²) in [5.41, 5.74) is -5.23. The standard InChI is InChI=1S/C15H27F3N4O2S2.HI/c1-3-10-25-11-7-20-14(19-4-2)21-12-13-5-8-22(9-6-13)26(23,24)15(16,17)18;/h3,13H,1,4-12H2,2H3,(H2,19,20,21);1H. The number of alkyl halides is 3. The van der Waals surface area contributed by atoms with Crippen molar-refractivity contribution >= 4 is 51.7 Å². The van der Waals surface area contributed by atoms with Crippen LogP contribution in [0.5, 0.6) is 0 Å². The Morgan fingerprint density at radius 3 is 2.48 bits per heavy atom. The van der Waals surface area contributed by atoms with E-state index in [2.05, 4.69) is 22.2 Å². The third-order valence-corrected chi connectivity index (χ3v) is 6.43. The number of sulfonamides is 1. The van der Waals surface area contributed by atoms with Gasteiger partial charge in [-0.2, -0.15) is 29.2 Å². The number of guanidine groups is 1. The number of aliphatic imine (C=N–C) groups is 1. The molecule has 0 aromatic rings. The van der Waals surface area contributed by atoms with E-state index in [1.807, 2.05) is 13.0 Å². The van der Waals surface area contributed by atoms with Crippen LogP contribution in [-0.2, 0) is 10.0 Å². The van der Waals surface area contributed by atoms with Crippen molar-refractivity contribution in [3.63, 3.8) is 0 Å². The molecule has 0 amide bonds. The van der Waals surface area contributed by atoms with Crippen LogP contribution in [0.4, 0.5) is 13.2 Å². The van der Waals surface area contributed by atoms with Crippen LogP contribution in [0.3, 0.4) is 0 Å². The Labute approximate surface area is 180 Å². The molecule has 1 fully saturated rings. The number of hydrogen-bond acceptors (Lipinski definition) is 4. The molecule has 1 aliphatic heterocycles. The highest BCUT2D eigenvalue weighted by Crippen LogP contribution is 2.30. The summed E-state index contributed by atoms with van der Waals surface area (Å²) in [6.07, 6.45) is 2.58. The zero-order valence-corrected chi connectivity index (χ0v) is 19.3. The maximum Gasteiger partial charge on any atom is 0.511 e. The summed E-state index contributed by atoms with van der Waals surface area (Å²) in [5, 5.41) is 6.32. The summed E-state index contributed by atoms with van der Waals surface area (Å²) in [7, 11) is -5.22. The molecular weight excluding hydrogens is 516 g/mol. The number of nitrogens with one attached hydrogen (secondary N) is 2. The predicted molar refractivity (Wildman–Crippen MR) is 116 cm³/mol. The van der Waals surface area contributed by atoms with Crippen molar-refractivity contribution in [1.29, 1.82) is 0 Å². The lowest BCUT2D eigenvalue weighted by Gasteiger charge is -2.30. The van der Waals surface area contributed by atoms with Crippen LogP contribution >= 0.6 is 35.7 Å². The molecule has 0 atom stereocenters. The summed E-state index contributed by atoms with van der Waals surface area (Å²) in [5.74, 6) is 2.52. The highest BCUT2D eigenvalue weighted by Gasteiger charge is 2.50.